The zero-order chi connectivity index (χ0) is 15.9. The van der Waals surface area contributed by atoms with Crippen LogP contribution in [0.25, 0.3) is 11.1 Å². The lowest BCUT2D eigenvalue weighted by Crippen LogP contribution is -2.07. The summed E-state index contributed by atoms with van der Waals surface area (Å²) >= 11 is 0. The quantitative estimate of drug-likeness (QED) is 0.572. The maximum absolute atomic E-state index is 10.9. The smallest absolute Gasteiger partial charge is 0.308 e. The van der Waals surface area contributed by atoms with Crippen molar-refractivity contribution in [2.75, 3.05) is 6.61 Å². The van der Waals surface area contributed by atoms with E-state index in [9.17, 15) is 4.79 Å². The number of carbonyl (C=O) groups excluding carboxylic acids is 1. The normalized spacial score (nSPS) is 11.8. The van der Waals surface area contributed by atoms with Crippen molar-refractivity contribution in [3.05, 3.63) is 48.5 Å². The first-order valence-corrected chi connectivity index (χ1v) is 7.60. The van der Waals surface area contributed by atoms with E-state index in [4.69, 9.17) is 9.47 Å². The summed E-state index contributed by atoms with van der Waals surface area (Å²) in [4.78, 5) is 10.9. The molecule has 0 saturated carbocycles. The SMILES string of the molecule is CC[C@H](C)COc1cccc(-c2ccc(OC(C)=O)cc2)c1. The summed E-state index contributed by atoms with van der Waals surface area (Å²) in [5, 5.41) is 0. The van der Waals surface area contributed by atoms with Crippen molar-refractivity contribution in [3.8, 4) is 22.6 Å². The molecule has 0 heterocycles. The number of rotatable bonds is 6. The highest BCUT2D eigenvalue weighted by Crippen LogP contribution is 2.26. The van der Waals surface area contributed by atoms with Gasteiger partial charge in [-0.05, 0) is 41.3 Å². The molecule has 2 rings (SSSR count). The number of hydrogen-bond donors (Lipinski definition) is 0. The lowest BCUT2D eigenvalue weighted by Gasteiger charge is -2.12. The standard InChI is InChI=1S/C19H22O3/c1-4-14(2)13-21-19-7-5-6-17(12-19)16-8-10-18(11-9-16)22-15(3)20/h5-12,14H,4,13H2,1-3H3/t14-/m0/s1. The van der Waals surface area contributed by atoms with Crippen LogP contribution in [-0.4, -0.2) is 12.6 Å². The Morgan fingerprint density at radius 2 is 1.77 bits per heavy atom. The minimum atomic E-state index is -0.312. The summed E-state index contributed by atoms with van der Waals surface area (Å²) in [6.07, 6.45) is 1.11. The highest BCUT2D eigenvalue weighted by molar-refractivity contribution is 5.70. The molecular weight excluding hydrogens is 276 g/mol. The molecule has 0 amide bonds. The number of benzene rings is 2. The number of carbonyl (C=O) groups is 1. The lowest BCUT2D eigenvalue weighted by molar-refractivity contribution is -0.131. The molecule has 1 atom stereocenters. The van der Waals surface area contributed by atoms with E-state index in [1.54, 1.807) is 12.1 Å². The van der Waals surface area contributed by atoms with E-state index in [1.165, 1.54) is 6.92 Å². The Bertz CT molecular complexity index is 617. The zero-order valence-corrected chi connectivity index (χ0v) is 13.3. The van der Waals surface area contributed by atoms with Gasteiger partial charge in [-0.2, -0.15) is 0 Å². The summed E-state index contributed by atoms with van der Waals surface area (Å²) in [6, 6.07) is 15.5. The molecule has 22 heavy (non-hydrogen) atoms. The highest BCUT2D eigenvalue weighted by Gasteiger charge is 2.04. The third-order valence-corrected chi connectivity index (χ3v) is 3.51. The van der Waals surface area contributed by atoms with Crippen molar-refractivity contribution in [2.45, 2.75) is 27.2 Å². The van der Waals surface area contributed by atoms with Crippen LogP contribution in [0, 0.1) is 5.92 Å². The van der Waals surface area contributed by atoms with E-state index in [2.05, 4.69) is 13.8 Å². The monoisotopic (exact) mass is 298 g/mol. The van der Waals surface area contributed by atoms with Crippen LogP contribution in [0.1, 0.15) is 27.2 Å². The third-order valence-electron chi connectivity index (χ3n) is 3.51. The van der Waals surface area contributed by atoms with Crippen LogP contribution in [0.5, 0.6) is 11.5 Å². The first kappa shape index (κ1) is 16.1. The van der Waals surface area contributed by atoms with Gasteiger partial charge in [0.15, 0.2) is 0 Å². The van der Waals surface area contributed by atoms with Gasteiger partial charge >= 0.3 is 5.97 Å². The summed E-state index contributed by atoms with van der Waals surface area (Å²) in [5.41, 5.74) is 2.14. The molecule has 2 aromatic carbocycles. The van der Waals surface area contributed by atoms with Gasteiger partial charge in [-0.15, -0.1) is 0 Å². The predicted molar refractivity (Wildman–Crippen MR) is 88.1 cm³/mol. The van der Waals surface area contributed by atoms with Gasteiger partial charge in [-0.3, -0.25) is 4.79 Å². The topological polar surface area (TPSA) is 35.5 Å². The van der Waals surface area contributed by atoms with Crippen LogP contribution in [-0.2, 0) is 4.79 Å². The van der Waals surface area contributed by atoms with Gasteiger partial charge in [-0.1, -0.05) is 44.5 Å². The van der Waals surface area contributed by atoms with Crippen LogP contribution in [0.4, 0.5) is 0 Å². The minimum Gasteiger partial charge on any atom is -0.493 e. The Hall–Kier alpha value is -2.29. The van der Waals surface area contributed by atoms with Gasteiger partial charge < -0.3 is 9.47 Å². The molecule has 0 radical (unpaired) electrons. The van der Waals surface area contributed by atoms with E-state index < -0.39 is 0 Å². The summed E-state index contributed by atoms with van der Waals surface area (Å²) in [5.74, 6) is 1.67. The average Bonchev–Trinajstić information content (AvgIpc) is 2.53. The Morgan fingerprint density at radius 1 is 1.05 bits per heavy atom. The number of esters is 1. The second kappa shape index (κ2) is 7.64. The largest absolute Gasteiger partial charge is 0.493 e. The van der Waals surface area contributed by atoms with Crippen molar-refractivity contribution in [1.82, 2.24) is 0 Å². The number of ether oxygens (including phenoxy) is 2. The maximum atomic E-state index is 10.9. The molecule has 0 unspecified atom stereocenters. The summed E-state index contributed by atoms with van der Waals surface area (Å²) in [7, 11) is 0. The third kappa shape index (κ3) is 4.62. The fraction of sp³-hybridized carbons (Fsp3) is 0.316. The zero-order valence-electron chi connectivity index (χ0n) is 13.3. The lowest BCUT2D eigenvalue weighted by atomic mass is 10.1. The molecule has 0 saturated heterocycles. The molecule has 3 heteroatoms. The van der Waals surface area contributed by atoms with Crippen LogP contribution >= 0.6 is 0 Å². The Kier molecular flexibility index (Phi) is 5.59. The van der Waals surface area contributed by atoms with E-state index in [1.807, 2.05) is 36.4 Å². The Labute approximate surface area is 131 Å². The molecule has 116 valence electrons. The maximum Gasteiger partial charge on any atom is 0.308 e. The molecule has 0 aliphatic rings. The van der Waals surface area contributed by atoms with Gasteiger partial charge in [0, 0.05) is 6.92 Å². The molecule has 0 spiro atoms. The van der Waals surface area contributed by atoms with E-state index in [0.717, 1.165) is 29.9 Å². The van der Waals surface area contributed by atoms with Gasteiger partial charge in [0.25, 0.3) is 0 Å². The van der Waals surface area contributed by atoms with Gasteiger partial charge in [0.1, 0.15) is 11.5 Å². The molecule has 2 aromatic rings. The predicted octanol–water partition coefficient (Wildman–Crippen LogP) is 4.70. The summed E-state index contributed by atoms with van der Waals surface area (Å²) in [6.45, 7) is 6.46. The van der Waals surface area contributed by atoms with Crippen molar-refractivity contribution >= 4 is 5.97 Å². The molecule has 0 fully saturated rings. The second-order valence-electron chi connectivity index (χ2n) is 5.47. The van der Waals surface area contributed by atoms with Crippen molar-refractivity contribution < 1.29 is 14.3 Å². The Balaban J connectivity index is 2.10. The van der Waals surface area contributed by atoms with Crippen LogP contribution in [0.2, 0.25) is 0 Å². The second-order valence-corrected chi connectivity index (χ2v) is 5.47. The molecule has 0 aromatic heterocycles. The van der Waals surface area contributed by atoms with E-state index in [-0.39, 0.29) is 5.97 Å². The Morgan fingerprint density at radius 3 is 2.41 bits per heavy atom. The summed E-state index contributed by atoms with van der Waals surface area (Å²) < 4.78 is 10.9. The van der Waals surface area contributed by atoms with Gasteiger partial charge in [0.2, 0.25) is 0 Å². The van der Waals surface area contributed by atoms with Crippen LogP contribution < -0.4 is 9.47 Å². The minimum absolute atomic E-state index is 0.312. The van der Waals surface area contributed by atoms with E-state index in [0.29, 0.717) is 11.7 Å². The van der Waals surface area contributed by atoms with Crippen molar-refractivity contribution in [2.24, 2.45) is 5.92 Å². The van der Waals surface area contributed by atoms with Crippen LogP contribution in [0.3, 0.4) is 0 Å². The molecule has 0 N–H and O–H groups in total. The first-order chi connectivity index (χ1) is 10.6. The van der Waals surface area contributed by atoms with Crippen molar-refractivity contribution in [3.63, 3.8) is 0 Å². The van der Waals surface area contributed by atoms with Gasteiger partial charge in [0.05, 0.1) is 6.61 Å². The molecule has 3 nitrogen and oxygen atoms in total. The molecule has 0 aliphatic heterocycles. The highest BCUT2D eigenvalue weighted by atomic mass is 16.5. The fourth-order valence-corrected chi connectivity index (χ4v) is 2.00. The first-order valence-electron chi connectivity index (χ1n) is 7.60. The van der Waals surface area contributed by atoms with E-state index >= 15 is 0 Å². The van der Waals surface area contributed by atoms with Gasteiger partial charge in [-0.25, -0.2) is 0 Å². The fourth-order valence-electron chi connectivity index (χ4n) is 2.00. The average molecular weight is 298 g/mol. The number of hydrogen-bond acceptors (Lipinski definition) is 3. The molecule has 0 bridgehead atoms. The molecular formula is C19H22O3. The van der Waals surface area contributed by atoms with Crippen molar-refractivity contribution in [1.29, 1.82) is 0 Å². The molecule has 0 aliphatic carbocycles. The van der Waals surface area contributed by atoms with Crippen LogP contribution in [0.15, 0.2) is 48.5 Å².